The van der Waals surface area contributed by atoms with Gasteiger partial charge in [0.1, 0.15) is 18.3 Å². The van der Waals surface area contributed by atoms with E-state index in [1.54, 1.807) is 48.5 Å². The lowest BCUT2D eigenvalue weighted by Crippen LogP contribution is -2.55. The Morgan fingerprint density at radius 1 is 0.857 bits per heavy atom. The highest BCUT2D eigenvalue weighted by molar-refractivity contribution is 7.92. The molecule has 1 saturated carbocycles. The standard InChI is InChI=1S/C39H44ClN3O5S/c1-3-48-37-17-11-10-16-35(37)43(49(46,47)34-24-18-29(2)19-25-34)28-38(44)42(27-31-20-22-32(40)23-21-31)36(26-30-12-6-4-7-13-30)39(45)41-33-14-8-5-9-15-33/h4,6-7,10-13,16-25,33,36H,3,5,8-9,14-15,26-28H2,1-2H3,(H,41,45)/t36-/m1/s1. The van der Waals surface area contributed by atoms with Crippen LogP contribution in [0.15, 0.2) is 108 Å². The second-order valence-corrected chi connectivity index (χ2v) is 14.7. The van der Waals surface area contributed by atoms with Gasteiger partial charge in [-0.15, -0.1) is 0 Å². The van der Waals surface area contributed by atoms with Crippen LogP contribution in [-0.4, -0.2) is 50.4 Å². The summed E-state index contributed by atoms with van der Waals surface area (Å²) in [4.78, 5) is 30.6. The van der Waals surface area contributed by atoms with Gasteiger partial charge in [-0.25, -0.2) is 8.42 Å². The van der Waals surface area contributed by atoms with Crippen LogP contribution in [-0.2, 0) is 32.6 Å². The van der Waals surface area contributed by atoms with Crippen LogP contribution in [0, 0.1) is 6.92 Å². The second kappa shape index (κ2) is 16.9. The minimum Gasteiger partial charge on any atom is -0.492 e. The van der Waals surface area contributed by atoms with Crippen molar-refractivity contribution in [2.75, 3.05) is 17.5 Å². The largest absolute Gasteiger partial charge is 0.492 e. The Bertz CT molecular complexity index is 1790. The number of nitrogens with one attached hydrogen (secondary N) is 1. The van der Waals surface area contributed by atoms with E-state index >= 15 is 0 Å². The molecule has 0 heterocycles. The fourth-order valence-corrected chi connectivity index (χ4v) is 7.73. The van der Waals surface area contributed by atoms with Crippen molar-refractivity contribution < 1.29 is 22.7 Å². The molecule has 1 fully saturated rings. The summed E-state index contributed by atoms with van der Waals surface area (Å²) in [7, 11) is -4.26. The van der Waals surface area contributed by atoms with E-state index in [4.69, 9.17) is 16.3 Å². The van der Waals surface area contributed by atoms with Crippen LogP contribution in [0.2, 0.25) is 5.02 Å². The number of para-hydroxylation sites is 2. The molecule has 0 aliphatic heterocycles. The molecule has 10 heteroatoms. The van der Waals surface area contributed by atoms with Gasteiger partial charge in [0.05, 0.1) is 17.2 Å². The zero-order valence-electron chi connectivity index (χ0n) is 28.1. The van der Waals surface area contributed by atoms with E-state index in [0.717, 1.165) is 53.1 Å². The lowest BCUT2D eigenvalue weighted by atomic mass is 9.94. The average Bonchev–Trinajstić information content (AvgIpc) is 3.11. The first-order valence-electron chi connectivity index (χ1n) is 16.8. The first-order chi connectivity index (χ1) is 23.7. The molecule has 0 unspecified atom stereocenters. The molecule has 1 N–H and O–H groups in total. The SMILES string of the molecule is CCOc1ccccc1N(CC(=O)N(Cc1ccc(Cl)cc1)[C@H](Cc1ccccc1)C(=O)NC1CCCCC1)S(=O)(=O)c1ccc(C)cc1. The van der Waals surface area contributed by atoms with Crippen molar-refractivity contribution in [2.24, 2.45) is 0 Å². The molecule has 0 aromatic heterocycles. The summed E-state index contributed by atoms with van der Waals surface area (Å²) in [6, 6.07) is 29.0. The third-order valence-corrected chi connectivity index (χ3v) is 10.8. The number of ether oxygens (including phenoxy) is 1. The first-order valence-corrected chi connectivity index (χ1v) is 18.7. The number of sulfonamides is 1. The molecule has 49 heavy (non-hydrogen) atoms. The van der Waals surface area contributed by atoms with Crippen molar-refractivity contribution in [1.82, 2.24) is 10.2 Å². The van der Waals surface area contributed by atoms with Gasteiger partial charge >= 0.3 is 0 Å². The molecule has 4 aromatic carbocycles. The van der Waals surface area contributed by atoms with Gasteiger partial charge in [0.15, 0.2) is 0 Å². The van der Waals surface area contributed by atoms with Crippen LogP contribution < -0.4 is 14.4 Å². The van der Waals surface area contributed by atoms with Crippen molar-refractivity contribution in [2.45, 2.75) is 75.9 Å². The van der Waals surface area contributed by atoms with Crippen LogP contribution in [0.4, 0.5) is 5.69 Å². The van der Waals surface area contributed by atoms with Gasteiger partial charge in [0.2, 0.25) is 11.8 Å². The van der Waals surface area contributed by atoms with Crippen LogP contribution >= 0.6 is 11.6 Å². The minimum atomic E-state index is -4.26. The molecular formula is C39H44ClN3O5S. The fraction of sp³-hybridized carbons (Fsp3) is 0.333. The Hall–Kier alpha value is -4.34. The maximum Gasteiger partial charge on any atom is 0.264 e. The number of benzene rings is 4. The summed E-state index contributed by atoms with van der Waals surface area (Å²) in [5.74, 6) is -0.467. The van der Waals surface area contributed by atoms with Crippen LogP contribution in [0.3, 0.4) is 0 Å². The number of carbonyl (C=O) groups is 2. The van der Waals surface area contributed by atoms with E-state index in [1.165, 1.54) is 17.0 Å². The molecule has 0 saturated heterocycles. The van der Waals surface area contributed by atoms with Crippen LogP contribution in [0.5, 0.6) is 5.75 Å². The van der Waals surface area contributed by atoms with Crippen molar-refractivity contribution in [3.63, 3.8) is 0 Å². The quantitative estimate of drug-likeness (QED) is 0.149. The Morgan fingerprint density at radius 2 is 1.51 bits per heavy atom. The van der Waals surface area contributed by atoms with Gasteiger partial charge in [-0.05, 0) is 74.2 Å². The smallest absolute Gasteiger partial charge is 0.264 e. The zero-order valence-corrected chi connectivity index (χ0v) is 29.6. The summed E-state index contributed by atoms with van der Waals surface area (Å²) in [6.07, 6.45) is 5.21. The van der Waals surface area contributed by atoms with E-state index < -0.39 is 28.5 Å². The summed E-state index contributed by atoms with van der Waals surface area (Å²) >= 11 is 6.20. The van der Waals surface area contributed by atoms with Crippen molar-refractivity contribution in [1.29, 1.82) is 0 Å². The van der Waals surface area contributed by atoms with E-state index in [-0.39, 0.29) is 35.5 Å². The fourth-order valence-electron chi connectivity index (χ4n) is 6.18. The van der Waals surface area contributed by atoms with E-state index in [2.05, 4.69) is 5.32 Å². The first kappa shape index (κ1) is 36.0. The summed E-state index contributed by atoms with van der Waals surface area (Å²) in [6.45, 7) is 3.50. The summed E-state index contributed by atoms with van der Waals surface area (Å²) in [5, 5.41) is 3.78. The Labute approximate surface area is 295 Å². The summed E-state index contributed by atoms with van der Waals surface area (Å²) in [5.41, 5.74) is 2.77. The van der Waals surface area contributed by atoms with E-state index in [0.29, 0.717) is 17.4 Å². The number of aryl methyl sites for hydroxylation is 1. The normalized spacial score (nSPS) is 14.1. The highest BCUT2D eigenvalue weighted by atomic mass is 35.5. The number of amides is 2. The lowest BCUT2D eigenvalue weighted by Gasteiger charge is -2.35. The average molecular weight is 702 g/mol. The molecule has 4 aromatic rings. The predicted molar refractivity (Wildman–Crippen MR) is 194 cm³/mol. The maximum atomic E-state index is 14.8. The minimum absolute atomic E-state index is 0.0171. The molecule has 0 spiro atoms. The zero-order chi connectivity index (χ0) is 34.8. The second-order valence-electron chi connectivity index (χ2n) is 12.4. The van der Waals surface area contributed by atoms with E-state index in [9.17, 15) is 18.0 Å². The third kappa shape index (κ3) is 9.43. The van der Waals surface area contributed by atoms with Crippen LogP contribution in [0.1, 0.15) is 55.7 Å². The van der Waals surface area contributed by atoms with Gasteiger partial charge in [0.25, 0.3) is 10.0 Å². The number of halogens is 1. The molecule has 1 aliphatic rings. The molecular weight excluding hydrogens is 658 g/mol. The van der Waals surface area contributed by atoms with Crippen molar-refractivity contribution >= 4 is 39.1 Å². The third-order valence-electron chi connectivity index (χ3n) is 8.81. The van der Waals surface area contributed by atoms with Crippen LogP contribution in [0.25, 0.3) is 0 Å². The van der Waals surface area contributed by atoms with Gasteiger partial charge < -0.3 is 15.0 Å². The molecule has 5 rings (SSSR count). The summed E-state index contributed by atoms with van der Waals surface area (Å²) < 4.78 is 35.8. The number of rotatable bonds is 14. The van der Waals surface area contributed by atoms with E-state index in [1.807, 2.05) is 56.3 Å². The highest BCUT2D eigenvalue weighted by Gasteiger charge is 2.36. The molecule has 0 radical (unpaired) electrons. The topological polar surface area (TPSA) is 96.0 Å². The molecule has 8 nitrogen and oxygen atoms in total. The van der Waals surface area contributed by atoms with Gasteiger partial charge in [-0.3, -0.25) is 13.9 Å². The Kier molecular flexibility index (Phi) is 12.4. The molecule has 1 aliphatic carbocycles. The number of carbonyl (C=O) groups excluding carboxylic acids is 2. The van der Waals surface area contributed by atoms with Crippen molar-refractivity contribution in [3.05, 3.63) is 125 Å². The molecule has 1 atom stereocenters. The highest BCUT2D eigenvalue weighted by Crippen LogP contribution is 2.33. The maximum absolute atomic E-state index is 14.8. The van der Waals surface area contributed by atoms with Crippen molar-refractivity contribution in [3.8, 4) is 5.75 Å². The van der Waals surface area contributed by atoms with Gasteiger partial charge in [-0.1, -0.05) is 103 Å². The number of nitrogens with zero attached hydrogens (tertiary/aromatic N) is 2. The molecule has 258 valence electrons. The molecule has 2 amide bonds. The molecule has 0 bridgehead atoms. The monoisotopic (exact) mass is 701 g/mol. The van der Waals surface area contributed by atoms with Gasteiger partial charge in [0, 0.05) is 24.0 Å². The Morgan fingerprint density at radius 3 is 2.18 bits per heavy atom. The Balaban J connectivity index is 1.59. The lowest BCUT2D eigenvalue weighted by molar-refractivity contribution is -0.140. The number of hydrogen-bond acceptors (Lipinski definition) is 5. The predicted octanol–water partition coefficient (Wildman–Crippen LogP) is 7.33. The van der Waals surface area contributed by atoms with Gasteiger partial charge in [-0.2, -0.15) is 0 Å². The number of hydrogen-bond donors (Lipinski definition) is 1. The number of anilines is 1.